The highest BCUT2D eigenvalue weighted by Gasteiger charge is 2.10. The average Bonchev–Trinajstić information content (AvgIpc) is 2.34. The number of hydrogen-bond acceptors (Lipinski definition) is 0. The Bertz CT molecular complexity index is 431. The van der Waals surface area contributed by atoms with Gasteiger partial charge in [-0.2, -0.15) is 0 Å². The van der Waals surface area contributed by atoms with Crippen molar-refractivity contribution in [2.45, 2.75) is 19.3 Å². The van der Waals surface area contributed by atoms with Crippen LogP contribution in [0, 0.1) is 0 Å². The smallest absolute Gasteiger partial charge is 0.0175 e. The van der Waals surface area contributed by atoms with E-state index in [2.05, 4.69) is 77.5 Å². The molecule has 1 atom stereocenters. The summed E-state index contributed by atoms with van der Waals surface area (Å²) in [6.07, 6.45) is 1.13. The zero-order valence-corrected chi connectivity index (χ0v) is 10.9. The van der Waals surface area contributed by atoms with Crippen molar-refractivity contribution in [3.05, 3.63) is 70.2 Å². The standard InChI is InChI=1S/C15H15Br/c1-2-15(12-6-4-3-5-7-12)13-8-10-14(16)11-9-13/h3-11,15H,2H2,1H3/t15-/m1/s1. The molecule has 0 unspecified atom stereocenters. The third-order valence-electron chi connectivity index (χ3n) is 2.88. The molecule has 2 aromatic rings. The molecule has 0 saturated carbocycles. The normalized spacial score (nSPS) is 12.4. The van der Waals surface area contributed by atoms with Gasteiger partial charge in [0.05, 0.1) is 0 Å². The molecule has 0 aromatic heterocycles. The maximum atomic E-state index is 3.47. The van der Waals surface area contributed by atoms with Gasteiger partial charge in [0.25, 0.3) is 0 Å². The molecule has 0 radical (unpaired) electrons. The van der Waals surface area contributed by atoms with E-state index in [-0.39, 0.29) is 0 Å². The third kappa shape index (κ3) is 2.53. The van der Waals surface area contributed by atoms with E-state index in [0.29, 0.717) is 5.92 Å². The van der Waals surface area contributed by atoms with E-state index in [4.69, 9.17) is 0 Å². The first-order chi connectivity index (χ1) is 7.81. The summed E-state index contributed by atoms with van der Waals surface area (Å²) in [6, 6.07) is 19.3. The van der Waals surface area contributed by atoms with Gasteiger partial charge in [0.1, 0.15) is 0 Å². The Labute approximate surface area is 105 Å². The minimum absolute atomic E-state index is 0.509. The SMILES string of the molecule is CC[C@H](c1ccccc1)c1ccc(Br)cc1. The van der Waals surface area contributed by atoms with E-state index >= 15 is 0 Å². The molecule has 0 N–H and O–H groups in total. The fourth-order valence-electron chi connectivity index (χ4n) is 2.04. The average molecular weight is 275 g/mol. The Morgan fingerprint density at radius 1 is 0.875 bits per heavy atom. The lowest BCUT2D eigenvalue weighted by atomic mass is 9.89. The summed E-state index contributed by atoms with van der Waals surface area (Å²) in [4.78, 5) is 0. The topological polar surface area (TPSA) is 0 Å². The molecule has 0 spiro atoms. The summed E-state index contributed by atoms with van der Waals surface area (Å²) >= 11 is 3.47. The van der Waals surface area contributed by atoms with Crippen LogP contribution in [-0.2, 0) is 0 Å². The van der Waals surface area contributed by atoms with E-state index in [1.165, 1.54) is 11.1 Å². The maximum Gasteiger partial charge on any atom is 0.0175 e. The Morgan fingerprint density at radius 3 is 2.00 bits per heavy atom. The monoisotopic (exact) mass is 274 g/mol. The molecule has 0 fully saturated rings. The number of halogens is 1. The predicted molar refractivity (Wildman–Crippen MR) is 72.7 cm³/mol. The predicted octanol–water partition coefficient (Wildman–Crippen LogP) is 4.99. The molecule has 16 heavy (non-hydrogen) atoms. The zero-order chi connectivity index (χ0) is 11.4. The minimum atomic E-state index is 0.509. The van der Waals surface area contributed by atoms with Gasteiger partial charge in [0.2, 0.25) is 0 Å². The van der Waals surface area contributed by atoms with Crippen LogP contribution in [0.5, 0.6) is 0 Å². The molecular weight excluding hydrogens is 260 g/mol. The molecular formula is C15H15Br. The van der Waals surface area contributed by atoms with Crippen LogP contribution in [0.2, 0.25) is 0 Å². The molecule has 2 rings (SSSR count). The van der Waals surface area contributed by atoms with Crippen LogP contribution in [0.3, 0.4) is 0 Å². The van der Waals surface area contributed by atoms with Gasteiger partial charge in [-0.25, -0.2) is 0 Å². The first kappa shape index (κ1) is 11.4. The van der Waals surface area contributed by atoms with Crippen LogP contribution in [-0.4, -0.2) is 0 Å². The van der Waals surface area contributed by atoms with Crippen LogP contribution < -0.4 is 0 Å². The highest BCUT2D eigenvalue weighted by atomic mass is 79.9. The quantitative estimate of drug-likeness (QED) is 0.740. The van der Waals surface area contributed by atoms with Crippen molar-refractivity contribution in [1.29, 1.82) is 0 Å². The van der Waals surface area contributed by atoms with Gasteiger partial charge in [-0.1, -0.05) is 65.3 Å². The van der Waals surface area contributed by atoms with Crippen molar-refractivity contribution in [1.82, 2.24) is 0 Å². The second-order valence-corrected chi connectivity index (χ2v) is 4.84. The van der Waals surface area contributed by atoms with Crippen molar-refractivity contribution in [2.24, 2.45) is 0 Å². The molecule has 2 aromatic carbocycles. The van der Waals surface area contributed by atoms with E-state index in [1.54, 1.807) is 0 Å². The van der Waals surface area contributed by atoms with Crippen molar-refractivity contribution in [3.63, 3.8) is 0 Å². The van der Waals surface area contributed by atoms with Gasteiger partial charge in [-0.05, 0) is 29.7 Å². The summed E-state index contributed by atoms with van der Waals surface area (Å²) in [6.45, 7) is 2.24. The lowest BCUT2D eigenvalue weighted by Gasteiger charge is -2.15. The Hall–Kier alpha value is -1.08. The molecule has 82 valence electrons. The molecule has 1 heteroatoms. The molecule has 0 bridgehead atoms. The van der Waals surface area contributed by atoms with Crippen LogP contribution >= 0.6 is 15.9 Å². The van der Waals surface area contributed by atoms with Gasteiger partial charge < -0.3 is 0 Å². The van der Waals surface area contributed by atoms with Crippen molar-refractivity contribution in [2.75, 3.05) is 0 Å². The van der Waals surface area contributed by atoms with E-state index in [0.717, 1.165) is 10.9 Å². The van der Waals surface area contributed by atoms with Crippen LogP contribution in [0.25, 0.3) is 0 Å². The van der Waals surface area contributed by atoms with Gasteiger partial charge in [0.15, 0.2) is 0 Å². The molecule has 0 nitrogen and oxygen atoms in total. The molecule has 0 aliphatic carbocycles. The highest BCUT2D eigenvalue weighted by molar-refractivity contribution is 9.10. The molecule has 0 aliphatic rings. The summed E-state index contributed by atoms with van der Waals surface area (Å²) in [5.41, 5.74) is 2.78. The maximum absolute atomic E-state index is 3.47. The van der Waals surface area contributed by atoms with E-state index < -0.39 is 0 Å². The Kier molecular flexibility index (Phi) is 3.79. The number of hydrogen-bond donors (Lipinski definition) is 0. The fourth-order valence-corrected chi connectivity index (χ4v) is 2.31. The lowest BCUT2D eigenvalue weighted by Crippen LogP contribution is -1.98. The summed E-state index contributed by atoms with van der Waals surface area (Å²) < 4.78 is 1.14. The van der Waals surface area contributed by atoms with Crippen molar-refractivity contribution in [3.8, 4) is 0 Å². The summed E-state index contributed by atoms with van der Waals surface area (Å²) in [5.74, 6) is 0.509. The third-order valence-corrected chi connectivity index (χ3v) is 3.41. The summed E-state index contributed by atoms with van der Waals surface area (Å²) in [5, 5.41) is 0. The summed E-state index contributed by atoms with van der Waals surface area (Å²) in [7, 11) is 0. The first-order valence-electron chi connectivity index (χ1n) is 5.61. The van der Waals surface area contributed by atoms with E-state index in [1.807, 2.05) is 0 Å². The Morgan fingerprint density at radius 2 is 1.44 bits per heavy atom. The lowest BCUT2D eigenvalue weighted by molar-refractivity contribution is 0.777. The highest BCUT2D eigenvalue weighted by Crippen LogP contribution is 2.28. The molecule has 0 heterocycles. The number of rotatable bonds is 3. The number of benzene rings is 2. The zero-order valence-electron chi connectivity index (χ0n) is 9.36. The van der Waals surface area contributed by atoms with Crippen LogP contribution in [0.15, 0.2) is 59.1 Å². The van der Waals surface area contributed by atoms with Crippen molar-refractivity contribution < 1.29 is 0 Å². The minimum Gasteiger partial charge on any atom is -0.0645 e. The second-order valence-electron chi connectivity index (χ2n) is 3.92. The van der Waals surface area contributed by atoms with Crippen LogP contribution in [0.4, 0.5) is 0 Å². The largest absolute Gasteiger partial charge is 0.0645 e. The second kappa shape index (κ2) is 5.31. The molecule has 0 saturated heterocycles. The van der Waals surface area contributed by atoms with E-state index in [9.17, 15) is 0 Å². The molecule has 0 aliphatic heterocycles. The van der Waals surface area contributed by atoms with Gasteiger partial charge in [-0.3, -0.25) is 0 Å². The molecule has 0 amide bonds. The fraction of sp³-hybridized carbons (Fsp3) is 0.200. The van der Waals surface area contributed by atoms with Gasteiger partial charge in [-0.15, -0.1) is 0 Å². The van der Waals surface area contributed by atoms with Crippen LogP contribution in [0.1, 0.15) is 30.4 Å². The first-order valence-corrected chi connectivity index (χ1v) is 6.41. The van der Waals surface area contributed by atoms with Crippen molar-refractivity contribution >= 4 is 15.9 Å². The van der Waals surface area contributed by atoms with Gasteiger partial charge >= 0.3 is 0 Å². The Balaban J connectivity index is 2.33. The van der Waals surface area contributed by atoms with Gasteiger partial charge in [0, 0.05) is 10.4 Å².